The Morgan fingerprint density at radius 1 is 1.30 bits per heavy atom. The molecule has 1 saturated heterocycles. The summed E-state index contributed by atoms with van der Waals surface area (Å²) in [6.07, 6.45) is 4.49. The zero-order chi connectivity index (χ0) is 14.1. The smallest absolute Gasteiger partial charge is 0.241 e. The van der Waals surface area contributed by atoms with Crippen molar-refractivity contribution in [1.29, 1.82) is 0 Å². The van der Waals surface area contributed by atoms with Crippen molar-refractivity contribution in [3.8, 4) is 0 Å². The molecule has 5 nitrogen and oxygen atoms in total. The Balaban J connectivity index is 2.03. The fourth-order valence-electron chi connectivity index (χ4n) is 2.44. The summed E-state index contributed by atoms with van der Waals surface area (Å²) in [6, 6.07) is 3.87. The maximum absolute atomic E-state index is 12.0. The standard InChI is InChI=1S/C14H15BrN4O/c1-18-5-2-6-19(9-13(18)20)12-3-4-16-11-7-10(15)8-17-14(11)12/h3-4,7-8H,2,5-6,9H2,1H3. The molecule has 1 aliphatic rings. The summed E-state index contributed by atoms with van der Waals surface area (Å²) in [6.45, 7) is 2.05. The average molecular weight is 335 g/mol. The van der Waals surface area contributed by atoms with Crippen LogP contribution in [-0.4, -0.2) is 47.5 Å². The van der Waals surface area contributed by atoms with Crippen LogP contribution in [0.1, 0.15) is 6.42 Å². The van der Waals surface area contributed by atoms with Crippen LogP contribution >= 0.6 is 15.9 Å². The first kappa shape index (κ1) is 13.3. The highest BCUT2D eigenvalue weighted by Crippen LogP contribution is 2.26. The fraction of sp³-hybridized carbons (Fsp3) is 0.357. The van der Waals surface area contributed by atoms with Gasteiger partial charge in [0.05, 0.1) is 17.7 Å². The first-order valence-corrected chi connectivity index (χ1v) is 7.33. The van der Waals surface area contributed by atoms with Crippen LogP contribution in [0.3, 0.4) is 0 Å². The number of anilines is 1. The van der Waals surface area contributed by atoms with Gasteiger partial charge in [-0.15, -0.1) is 0 Å². The van der Waals surface area contributed by atoms with Crippen molar-refractivity contribution in [2.75, 3.05) is 31.6 Å². The van der Waals surface area contributed by atoms with Crippen molar-refractivity contribution in [2.45, 2.75) is 6.42 Å². The van der Waals surface area contributed by atoms with Gasteiger partial charge in [0, 0.05) is 37.0 Å². The molecule has 1 aliphatic heterocycles. The minimum absolute atomic E-state index is 0.143. The Morgan fingerprint density at radius 2 is 2.15 bits per heavy atom. The molecule has 0 saturated carbocycles. The average Bonchev–Trinajstić information content (AvgIpc) is 2.60. The van der Waals surface area contributed by atoms with Crippen LogP contribution in [0, 0.1) is 0 Å². The molecule has 0 N–H and O–H groups in total. The van der Waals surface area contributed by atoms with E-state index in [0.29, 0.717) is 6.54 Å². The zero-order valence-corrected chi connectivity index (χ0v) is 12.8. The van der Waals surface area contributed by atoms with Crippen molar-refractivity contribution in [3.63, 3.8) is 0 Å². The van der Waals surface area contributed by atoms with Gasteiger partial charge in [-0.3, -0.25) is 14.8 Å². The van der Waals surface area contributed by atoms with Gasteiger partial charge < -0.3 is 9.80 Å². The van der Waals surface area contributed by atoms with Gasteiger partial charge in [0.1, 0.15) is 5.52 Å². The van der Waals surface area contributed by atoms with Gasteiger partial charge in [0.2, 0.25) is 5.91 Å². The number of nitrogens with zero attached hydrogens (tertiary/aromatic N) is 4. The van der Waals surface area contributed by atoms with E-state index in [1.807, 2.05) is 19.2 Å². The molecule has 20 heavy (non-hydrogen) atoms. The Bertz CT molecular complexity index is 661. The normalized spacial score (nSPS) is 16.6. The van der Waals surface area contributed by atoms with E-state index in [-0.39, 0.29) is 5.91 Å². The second kappa shape index (κ2) is 5.36. The van der Waals surface area contributed by atoms with Crippen LogP contribution in [0.4, 0.5) is 5.69 Å². The maximum Gasteiger partial charge on any atom is 0.241 e. The number of aromatic nitrogens is 2. The van der Waals surface area contributed by atoms with Crippen LogP contribution in [-0.2, 0) is 4.79 Å². The molecule has 0 aromatic carbocycles. The molecule has 0 atom stereocenters. The number of halogens is 1. The van der Waals surface area contributed by atoms with Gasteiger partial charge in [-0.05, 0) is 34.5 Å². The van der Waals surface area contributed by atoms with E-state index >= 15 is 0 Å². The molecule has 1 amide bonds. The van der Waals surface area contributed by atoms with E-state index in [0.717, 1.165) is 40.7 Å². The number of amides is 1. The summed E-state index contributed by atoms with van der Waals surface area (Å²) in [5.74, 6) is 0.143. The van der Waals surface area contributed by atoms with Gasteiger partial charge in [0.15, 0.2) is 0 Å². The third kappa shape index (κ3) is 2.47. The molecular weight excluding hydrogens is 320 g/mol. The SMILES string of the molecule is CN1CCCN(c2ccnc3cc(Br)cnc23)CC1=O. The molecular formula is C14H15BrN4O. The third-order valence-corrected chi connectivity index (χ3v) is 3.97. The molecule has 0 spiro atoms. The lowest BCUT2D eigenvalue weighted by Crippen LogP contribution is -2.34. The van der Waals surface area contributed by atoms with Crippen LogP contribution in [0.2, 0.25) is 0 Å². The Morgan fingerprint density at radius 3 is 3.00 bits per heavy atom. The van der Waals surface area contributed by atoms with Crippen molar-refractivity contribution >= 4 is 38.6 Å². The van der Waals surface area contributed by atoms with E-state index in [9.17, 15) is 4.79 Å². The summed E-state index contributed by atoms with van der Waals surface area (Å²) in [7, 11) is 1.85. The molecule has 0 aliphatic carbocycles. The van der Waals surface area contributed by atoms with Gasteiger partial charge in [0.25, 0.3) is 0 Å². The number of fused-ring (bicyclic) bond motifs is 1. The molecule has 6 heteroatoms. The molecule has 1 fully saturated rings. The Kier molecular flexibility index (Phi) is 3.56. The number of pyridine rings is 2. The topological polar surface area (TPSA) is 49.3 Å². The number of hydrogen-bond acceptors (Lipinski definition) is 4. The highest BCUT2D eigenvalue weighted by Gasteiger charge is 2.21. The first-order chi connectivity index (χ1) is 9.65. The van der Waals surface area contributed by atoms with Crippen molar-refractivity contribution in [1.82, 2.24) is 14.9 Å². The minimum Gasteiger partial charge on any atom is -0.360 e. The lowest BCUT2D eigenvalue weighted by molar-refractivity contribution is -0.127. The second-order valence-corrected chi connectivity index (χ2v) is 5.86. The van der Waals surface area contributed by atoms with E-state index < -0.39 is 0 Å². The van der Waals surface area contributed by atoms with Crippen molar-refractivity contribution in [2.24, 2.45) is 0 Å². The fourth-order valence-corrected chi connectivity index (χ4v) is 2.76. The summed E-state index contributed by atoms with van der Waals surface area (Å²) >= 11 is 3.41. The first-order valence-electron chi connectivity index (χ1n) is 6.54. The number of likely N-dealkylation sites (N-methyl/N-ethyl adjacent to an activating group) is 1. The monoisotopic (exact) mass is 334 g/mol. The summed E-state index contributed by atoms with van der Waals surface area (Å²) in [5, 5.41) is 0. The molecule has 3 heterocycles. The Hall–Kier alpha value is -1.69. The van der Waals surface area contributed by atoms with Crippen LogP contribution in [0.15, 0.2) is 29.0 Å². The molecule has 0 unspecified atom stereocenters. The predicted molar refractivity (Wildman–Crippen MR) is 81.7 cm³/mol. The van der Waals surface area contributed by atoms with Crippen LogP contribution in [0.5, 0.6) is 0 Å². The third-order valence-electron chi connectivity index (χ3n) is 3.54. The maximum atomic E-state index is 12.0. The molecule has 2 aromatic heterocycles. The van der Waals surface area contributed by atoms with Gasteiger partial charge >= 0.3 is 0 Å². The van der Waals surface area contributed by atoms with Gasteiger partial charge in [-0.25, -0.2) is 0 Å². The largest absolute Gasteiger partial charge is 0.360 e. The minimum atomic E-state index is 0.143. The second-order valence-electron chi connectivity index (χ2n) is 4.94. The molecule has 0 radical (unpaired) electrons. The molecule has 104 valence electrons. The summed E-state index contributed by atoms with van der Waals surface area (Å²) < 4.78 is 0.904. The Labute approximate surface area is 125 Å². The number of carbonyl (C=O) groups is 1. The van der Waals surface area contributed by atoms with E-state index in [4.69, 9.17) is 0 Å². The van der Waals surface area contributed by atoms with E-state index in [2.05, 4.69) is 30.8 Å². The molecule has 2 aromatic rings. The van der Waals surface area contributed by atoms with Crippen molar-refractivity contribution in [3.05, 3.63) is 29.0 Å². The summed E-state index contributed by atoms with van der Waals surface area (Å²) in [4.78, 5) is 24.7. The predicted octanol–water partition coefficient (Wildman–Crippen LogP) is 2.06. The van der Waals surface area contributed by atoms with Crippen molar-refractivity contribution < 1.29 is 4.79 Å². The quantitative estimate of drug-likeness (QED) is 0.801. The highest BCUT2D eigenvalue weighted by molar-refractivity contribution is 9.10. The number of hydrogen-bond donors (Lipinski definition) is 0. The van der Waals surface area contributed by atoms with Crippen LogP contribution in [0.25, 0.3) is 11.0 Å². The number of carbonyl (C=O) groups excluding carboxylic acids is 1. The van der Waals surface area contributed by atoms with E-state index in [1.165, 1.54) is 0 Å². The van der Waals surface area contributed by atoms with Gasteiger partial charge in [-0.1, -0.05) is 0 Å². The molecule has 3 rings (SSSR count). The number of rotatable bonds is 1. The van der Waals surface area contributed by atoms with Crippen LogP contribution < -0.4 is 4.90 Å². The van der Waals surface area contributed by atoms with E-state index in [1.54, 1.807) is 17.3 Å². The summed E-state index contributed by atoms with van der Waals surface area (Å²) in [5.41, 5.74) is 2.65. The highest BCUT2D eigenvalue weighted by atomic mass is 79.9. The lowest BCUT2D eigenvalue weighted by Gasteiger charge is -2.22. The molecule has 0 bridgehead atoms. The zero-order valence-electron chi connectivity index (χ0n) is 11.2. The van der Waals surface area contributed by atoms with Gasteiger partial charge in [-0.2, -0.15) is 0 Å². The lowest BCUT2D eigenvalue weighted by atomic mass is 10.2.